The Morgan fingerprint density at radius 2 is 1.46 bits per heavy atom. The highest BCUT2D eigenvalue weighted by Crippen LogP contribution is 2.37. The van der Waals surface area contributed by atoms with Gasteiger partial charge in [-0.2, -0.15) is 26.3 Å². The highest BCUT2D eigenvalue weighted by atomic mass is 32.1. The molecule has 0 fully saturated rings. The minimum atomic E-state index is -5.07. The number of hydrogen-bond acceptors (Lipinski definition) is 5. The van der Waals surface area contributed by atoms with Gasteiger partial charge in [-0.15, -0.1) is 10.2 Å². The van der Waals surface area contributed by atoms with Crippen LogP contribution in [0.5, 0.6) is 0 Å². The molecule has 3 rings (SSSR count). The van der Waals surface area contributed by atoms with E-state index in [-0.39, 0.29) is 11.2 Å². The molecule has 0 radical (unpaired) electrons. The van der Waals surface area contributed by atoms with E-state index in [1.807, 2.05) is 36.5 Å². The van der Waals surface area contributed by atoms with Crippen LogP contribution in [0.15, 0.2) is 42.5 Å². The number of carbonyl (C=O) groups excluding carboxylic acids is 2. The molecule has 1 aromatic heterocycles. The Hall–Kier alpha value is -3.68. The van der Waals surface area contributed by atoms with Crippen molar-refractivity contribution in [3.8, 4) is 10.6 Å². The van der Waals surface area contributed by atoms with Crippen LogP contribution in [-0.4, -0.2) is 28.2 Å². The molecule has 0 aliphatic rings. The van der Waals surface area contributed by atoms with Gasteiger partial charge in [-0.05, 0) is 32.0 Å². The number of rotatable bonds is 5. The Kier molecular flexibility index (Phi) is 7.33. The molecule has 186 valence electrons. The van der Waals surface area contributed by atoms with Gasteiger partial charge < -0.3 is 10.6 Å². The largest absolute Gasteiger partial charge is 0.416 e. The van der Waals surface area contributed by atoms with Crippen molar-refractivity contribution in [1.29, 1.82) is 0 Å². The summed E-state index contributed by atoms with van der Waals surface area (Å²) in [4.78, 5) is 24.5. The lowest BCUT2D eigenvalue weighted by Gasteiger charge is -2.16. The molecular formula is C21H17F6N5O2S. The van der Waals surface area contributed by atoms with E-state index in [1.54, 1.807) is 0 Å². The molecule has 3 amide bonds. The summed E-state index contributed by atoms with van der Waals surface area (Å²) in [5.74, 6) is -0.730. The SMILES string of the molecule is Cc1ccc(-c2nnc(NC(=O)C(C)NC(=O)Nc3cc(C(F)(F)F)cc(C(F)(F)F)c3)s2)cc1. The van der Waals surface area contributed by atoms with Crippen LogP contribution < -0.4 is 16.0 Å². The average Bonchev–Trinajstić information content (AvgIpc) is 3.21. The van der Waals surface area contributed by atoms with Crippen LogP contribution in [0.25, 0.3) is 10.6 Å². The molecule has 0 spiro atoms. The Bertz CT molecular complexity index is 1190. The number of nitrogens with zero attached hydrogens (tertiary/aromatic N) is 2. The predicted octanol–water partition coefficient (Wildman–Crippen LogP) is 5.70. The van der Waals surface area contributed by atoms with Crippen LogP contribution in [0, 0.1) is 6.92 Å². The van der Waals surface area contributed by atoms with Gasteiger partial charge in [0.25, 0.3) is 0 Å². The summed E-state index contributed by atoms with van der Waals surface area (Å²) < 4.78 is 77.8. The zero-order valence-electron chi connectivity index (χ0n) is 18.0. The van der Waals surface area contributed by atoms with E-state index in [0.29, 0.717) is 17.1 Å². The van der Waals surface area contributed by atoms with Gasteiger partial charge in [-0.1, -0.05) is 41.2 Å². The molecule has 0 saturated heterocycles. The smallest absolute Gasteiger partial charge is 0.326 e. The molecule has 7 nitrogen and oxygen atoms in total. The molecule has 3 aromatic rings. The van der Waals surface area contributed by atoms with Gasteiger partial charge in [0, 0.05) is 11.3 Å². The zero-order chi connectivity index (χ0) is 26.0. The minimum absolute atomic E-state index is 0.0634. The monoisotopic (exact) mass is 517 g/mol. The summed E-state index contributed by atoms with van der Waals surface area (Å²) in [6.45, 7) is 3.19. The quantitative estimate of drug-likeness (QED) is 0.379. The molecule has 3 N–H and O–H groups in total. The number of urea groups is 1. The van der Waals surface area contributed by atoms with Crippen molar-refractivity contribution in [2.45, 2.75) is 32.2 Å². The Morgan fingerprint density at radius 3 is 2.00 bits per heavy atom. The summed E-state index contributed by atoms with van der Waals surface area (Å²) in [5, 5.41) is 14.9. The summed E-state index contributed by atoms with van der Waals surface area (Å²) in [5.41, 5.74) is -2.10. The number of anilines is 2. The fourth-order valence-electron chi connectivity index (χ4n) is 2.76. The maximum Gasteiger partial charge on any atom is 0.416 e. The molecule has 1 atom stereocenters. The maximum absolute atomic E-state index is 13.0. The first-order valence-electron chi connectivity index (χ1n) is 9.81. The van der Waals surface area contributed by atoms with Crippen LogP contribution in [0.1, 0.15) is 23.6 Å². The first kappa shape index (κ1) is 25.9. The maximum atomic E-state index is 13.0. The molecule has 1 heterocycles. The fraction of sp³-hybridized carbons (Fsp3) is 0.238. The molecule has 0 bridgehead atoms. The van der Waals surface area contributed by atoms with E-state index >= 15 is 0 Å². The van der Waals surface area contributed by atoms with Crippen molar-refractivity contribution in [3.05, 3.63) is 59.2 Å². The lowest BCUT2D eigenvalue weighted by atomic mass is 10.1. The molecule has 2 aromatic carbocycles. The first-order chi connectivity index (χ1) is 16.2. The molecule has 0 aliphatic heterocycles. The first-order valence-corrected chi connectivity index (χ1v) is 10.6. The summed E-state index contributed by atoms with van der Waals surface area (Å²) in [7, 11) is 0. The van der Waals surface area contributed by atoms with E-state index in [9.17, 15) is 35.9 Å². The van der Waals surface area contributed by atoms with Gasteiger partial charge >= 0.3 is 18.4 Å². The molecule has 1 unspecified atom stereocenters. The van der Waals surface area contributed by atoms with E-state index in [1.165, 1.54) is 6.92 Å². The Labute approximate surface area is 198 Å². The Morgan fingerprint density at radius 1 is 0.886 bits per heavy atom. The molecular weight excluding hydrogens is 500 g/mol. The standard InChI is InChI=1S/C21H17F6N5O2S/c1-10-3-5-12(6-4-10)17-31-32-19(35-17)30-16(33)11(2)28-18(34)29-15-8-13(20(22,23)24)7-14(9-15)21(25,26)27/h3-9,11H,1-2H3,(H2,28,29,34)(H,30,32,33). The summed E-state index contributed by atoms with van der Waals surface area (Å²) >= 11 is 1.07. The predicted molar refractivity (Wildman–Crippen MR) is 117 cm³/mol. The van der Waals surface area contributed by atoms with Gasteiger partial charge in [0.05, 0.1) is 11.1 Å². The van der Waals surface area contributed by atoms with Crippen LogP contribution in [0.3, 0.4) is 0 Å². The zero-order valence-corrected chi connectivity index (χ0v) is 18.8. The molecule has 35 heavy (non-hydrogen) atoms. The van der Waals surface area contributed by atoms with E-state index < -0.39 is 47.1 Å². The Balaban J connectivity index is 1.64. The number of nitrogens with one attached hydrogen (secondary N) is 3. The van der Waals surface area contributed by atoms with Crippen molar-refractivity contribution in [2.75, 3.05) is 10.6 Å². The van der Waals surface area contributed by atoms with Gasteiger partial charge in [0.1, 0.15) is 11.0 Å². The van der Waals surface area contributed by atoms with Crippen molar-refractivity contribution >= 4 is 34.1 Å². The molecule has 0 aliphatic carbocycles. The van der Waals surface area contributed by atoms with Crippen LogP contribution in [0.4, 0.5) is 42.0 Å². The number of amides is 3. The summed E-state index contributed by atoms with van der Waals surface area (Å²) in [6, 6.07) is 5.66. The third-order valence-electron chi connectivity index (χ3n) is 4.54. The third-order valence-corrected chi connectivity index (χ3v) is 5.43. The van der Waals surface area contributed by atoms with E-state index in [4.69, 9.17) is 0 Å². The summed E-state index contributed by atoms with van der Waals surface area (Å²) in [6.07, 6.45) is -10.1. The normalized spacial score (nSPS) is 12.7. The lowest BCUT2D eigenvalue weighted by Crippen LogP contribution is -2.43. The van der Waals surface area contributed by atoms with Crippen molar-refractivity contribution < 1.29 is 35.9 Å². The average molecular weight is 517 g/mol. The van der Waals surface area contributed by atoms with Crippen LogP contribution in [-0.2, 0) is 17.1 Å². The molecule has 0 saturated carbocycles. The number of hydrogen-bond donors (Lipinski definition) is 3. The second-order valence-electron chi connectivity index (χ2n) is 7.38. The number of halogens is 6. The fourth-order valence-corrected chi connectivity index (χ4v) is 3.51. The van der Waals surface area contributed by atoms with Crippen molar-refractivity contribution in [2.24, 2.45) is 0 Å². The van der Waals surface area contributed by atoms with Crippen LogP contribution >= 0.6 is 11.3 Å². The number of carbonyl (C=O) groups is 2. The minimum Gasteiger partial charge on any atom is -0.326 e. The second kappa shape index (κ2) is 9.90. The topological polar surface area (TPSA) is 96.0 Å². The highest BCUT2D eigenvalue weighted by Gasteiger charge is 2.37. The van der Waals surface area contributed by atoms with Crippen molar-refractivity contribution in [3.63, 3.8) is 0 Å². The highest BCUT2D eigenvalue weighted by molar-refractivity contribution is 7.18. The van der Waals surface area contributed by atoms with E-state index in [2.05, 4.69) is 20.8 Å². The number of alkyl halides is 6. The third kappa shape index (κ3) is 6.91. The molecule has 14 heteroatoms. The second-order valence-corrected chi connectivity index (χ2v) is 8.36. The van der Waals surface area contributed by atoms with Gasteiger partial charge in [0.15, 0.2) is 0 Å². The van der Waals surface area contributed by atoms with Gasteiger partial charge in [-0.3, -0.25) is 10.1 Å². The van der Waals surface area contributed by atoms with Gasteiger partial charge in [0.2, 0.25) is 11.0 Å². The van der Waals surface area contributed by atoms with E-state index in [0.717, 1.165) is 22.5 Å². The lowest BCUT2D eigenvalue weighted by molar-refractivity contribution is -0.143. The van der Waals surface area contributed by atoms with Crippen molar-refractivity contribution in [1.82, 2.24) is 15.5 Å². The number of benzene rings is 2. The van der Waals surface area contributed by atoms with Gasteiger partial charge in [-0.25, -0.2) is 4.79 Å². The number of aryl methyl sites for hydroxylation is 1. The van der Waals surface area contributed by atoms with Crippen LogP contribution in [0.2, 0.25) is 0 Å². The number of aromatic nitrogens is 2.